The Balaban J connectivity index is 1.13. The van der Waals surface area contributed by atoms with E-state index in [9.17, 15) is 14.7 Å². The molecule has 1 saturated heterocycles. The molecule has 1 unspecified atom stereocenters. The van der Waals surface area contributed by atoms with Crippen molar-refractivity contribution in [2.45, 2.75) is 25.0 Å². The van der Waals surface area contributed by atoms with Crippen LogP contribution in [0.1, 0.15) is 29.2 Å². The molecule has 186 valence electrons. The van der Waals surface area contributed by atoms with Gasteiger partial charge in [-0.1, -0.05) is 42.5 Å². The molecule has 1 atom stereocenters. The number of H-pyrrole nitrogens is 1. The number of aliphatic hydroxyl groups is 1. The first kappa shape index (κ1) is 23.8. The van der Waals surface area contributed by atoms with Crippen LogP contribution in [-0.4, -0.2) is 57.8 Å². The number of nitrogens with one attached hydrogen (secondary N) is 2. The zero-order chi connectivity index (χ0) is 24.9. The van der Waals surface area contributed by atoms with Crippen molar-refractivity contribution in [1.82, 2.24) is 14.5 Å². The Morgan fingerprint density at radius 1 is 1.00 bits per heavy atom. The van der Waals surface area contributed by atoms with Crippen LogP contribution in [0.15, 0.2) is 83.7 Å². The Morgan fingerprint density at radius 2 is 1.69 bits per heavy atom. The summed E-state index contributed by atoms with van der Waals surface area (Å²) in [5, 5.41) is 13.5. The summed E-state index contributed by atoms with van der Waals surface area (Å²) in [7, 11) is 0. The SMILES string of the molecule is O=C(Nc1ccccc1OCC(O)CN1CCC(n2c(=O)[nH]c3ccccc32)CC1)c1ccccc1. The van der Waals surface area contributed by atoms with Gasteiger partial charge in [-0.15, -0.1) is 0 Å². The van der Waals surface area contributed by atoms with Gasteiger partial charge in [0.25, 0.3) is 5.91 Å². The molecule has 0 aliphatic carbocycles. The Morgan fingerprint density at radius 3 is 2.50 bits per heavy atom. The highest BCUT2D eigenvalue weighted by atomic mass is 16.5. The first-order chi connectivity index (χ1) is 17.6. The molecule has 0 spiro atoms. The molecular weight excluding hydrogens is 456 g/mol. The van der Waals surface area contributed by atoms with Crippen LogP contribution in [0.3, 0.4) is 0 Å². The van der Waals surface area contributed by atoms with Crippen LogP contribution in [0.2, 0.25) is 0 Å². The standard InChI is InChI=1S/C28H30N4O4/c33-22(19-36-26-13-7-5-11-24(26)29-27(34)20-8-2-1-3-9-20)18-31-16-14-21(15-17-31)32-25-12-6-4-10-23(25)30-28(32)35/h1-13,21-22,33H,14-19H2,(H,29,34)(H,30,35). The van der Waals surface area contributed by atoms with Gasteiger partial charge < -0.3 is 25.0 Å². The molecule has 0 bridgehead atoms. The number of piperidine rings is 1. The van der Waals surface area contributed by atoms with E-state index in [-0.39, 0.29) is 24.2 Å². The number of para-hydroxylation sites is 4. The van der Waals surface area contributed by atoms with Crippen LogP contribution >= 0.6 is 0 Å². The molecule has 1 amide bonds. The number of aliphatic hydroxyl groups excluding tert-OH is 1. The van der Waals surface area contributed by atoms with Gasteiger partial charge in [-0.2, -0.15) is 0 Å². The van der Waals surface area contributed by atoms with Gasteiger partial charge in [0.1, 0.15) is 18.5 Å². The summed E-state index contributed by atoms with van der Waals surface area (Å²) in [6, 6.07) is 24.1. The van der Waals surface area contributed by atoms with Crippen LogP contribution in [0.4, 0.5) is 5.69 Å². The van der Waals surface area contributed by atoms with Gasteiger partial charge in [-0.3, -0.25) is 9.36 Å². The molecular formula is C28H30N4O4. The number of ether oxygens (including phenoxy) is 1. The number of anilines is 1. The molecule has 36 heavy (non-hydrogen) atoms. The number of amides is 1. The maximum atomic E-state index is 12.5. The molecule has 0 radical (unpaired) electrons. The van der Waals surface area contributed by atoms with E-state index in [0.717, 1.165) is 37.0 Å². The average molecular weight is 487 g/mol. The van der Waals surface area contributed by atoms with Gasteiger partial charge in [0.05, 0.1) is 16.7 Å². The van der Waals surface area contributed by atoms with Crippen molar-refractivity contribution in [3.63, 3.8) is 0 Å². The highest BCUT2D eigenvalue weighted by molar-refractivity contribution is 6.04. The molecule has 1 aliphatic heterocycles. The van der Waals surface area contributed by atoms with E-state index in [4.69, 9.17) is 4.74 Å². The number of rotatable bonds is 8. The number of fused-ring (bicyclic) bond motifs is 1. The summed E-state index contributed by atoms with van der Waals surface area (Å²) in [4.78, 5) is 30.2. The highest BCUT2D eigenvalue weighted by Crippen LogP contribution is 2.26. The predicted octanol–water partition coefficient (Wildman–Crippen LogP) is 3.66. The molecule has 0 saturated carbocycles. The zero-order valence-corrected chi connectivity index (χ0v) is 20.0. The molecule has 5 rings (SSSR count). The van der Waals surface area contributed by atoms with Crippen LogP contribution in [0.25, 0.3) is 11.0 Å². The fraction of sp³-hybridized carbons (Fsp3) is 0.286. The quantitative estimate of drug-likeness (QED) is 0.353. The van der Waals surface area contributed by atoms with Crippen LogP contribution < -0.4 is 15.7 Å². The van der Waals surface area contributed by atoms with Gasteiger partial charge in [-0.25, -0.2) is 4.79 Å². The lowest BCUT2D eigenvalue weighted by atomic mass is 10.0. The number of hydrogen-bond acceptors (Lipinski definition) is 5. The largest absolute Gasteiger partial charge is 0.489 e. The molecule has 1 aromatic heterocycles. The lowest BCUT2D eigenvalue weighted by Gasteiger charge is -2.33. The van der Waals surface area contributed by atoms with E-state index >= 15 is 0 Å². The molecule has 4 aromatic rings. The minimum Gasteiger partial charge on any atom is -0.489 e. The topological polar surface area (TPSA) is 99.6 Å². The van der Waals surface area contributed by atoms with Crippen molar-refractivity contribution in [2.75, 3.05) is 31.6 Å². The second-order valence-electron chi connectivity index (χ2n) is 9.13. The van der Waals surface area contributed by atoms with E-state index in [0.29, 0.717) is 23.5 Å². The fourth-order valence-corrected chi connectivity index (χ4v) is 4.81. The Labute approximate surface area is 209 Å². The van der Waals surface area contributed by atoms with Crippen molar-refractivity contribution in [1.29, 1.82) is 0 Å². The van der Waals surface area contributed by atoms with Crippen molar-refractivity contribution in [3.8, 4) is 5.75 Å². The normalized spacial score (nSPS) is 15.6. The summed E-state index contributed by atoms with van der Waals surface area (Å²) >= 11 is 0. The van der Waals surface area contributed by atoms with E-state index < -0.39 is 6.10 Å². The van der Waals surface area contributed by atoms with Crippen LogP contribution in [0.5, 0.6) is 5.75 Å². The molecule has 8 nitrogen and oxygen atoms in total. The molecule has 2 heterocycles. The summed E-state index contributed by atoms with van der Waals surface area (Å²) in [5.74, 6) is 0.294. The van der Waals surface area contributed by atoms with Crippen LogP contribution in [-0.2, 0) is 0 Å². The third-order valence-electron chi connectivity index (χ3n) is 6.62. The number of aromatic nitrogens is 2. The van der Waals surface area contributed by atoms with Crippen molar-refractivity contribution < 1.29 is 14.6 Å². The number of likely N-dealkylation sites (tertiary alicyclic amines) is 1. The number of imidazole rings is 1. The summed E-state index contributed by atoms with van der Waals surface area (Å²) < 4.78 is 7.75. The summed E-state index contributed by atoms with van der Waals surface area (Å²) in [6.45, 7) is 2.17. The molecule has 8 heteroatoms. The van der Waals surface area contributed by atoms with Gasteiger partial charge >= 0.3 is 5.69 Å². The summed E-state index contributed by atoms with van der Waals surface area (Å²) in [5.41, 5.74) is 2.85. The minimum absolute atomic E-state index is 0.0684. The fourth-order valence-electron chi connectivity index (χ4n) is 4.81. The van der Waals surface area contributed by atoms with Crippen LogP contribution in [0, 0.1) is 0 Å². The Kier molecular flexibility index (Phi) is 7.16. The second kappa shape index (κ2) is 10.8. The number of nitrogens with zero attached hydrogens (tertiary/aromatic N) is 2. The van der Waals surface area contributed by atoms with Gasteiger partial charge in [0, 0.05) is 31.2 Å². The first-order valence-electron chi connectivity index (χ1n) is 12.3. The Hall–Kier alpha value is -3.88. The van der Waals surface area contributed by atoms with Gasteiger partial charge in [0.2, 0.25) is 0 Å². The number of carbonyl (C=O) groups is 1. The predicted molar refractivity (Wildman–Crippen MR) is 140 cm³/mol. The minimum atomic E-state index is -0.685. The van der Waals surface area contributed by atoms with Gasteiger partial charge in [0.15, 0.2) is 0 Å². The monoisotopic (exact) mass is 486 g/mol. The van der Waals surface area contributed by atoms with Crippen molar-refractivity contribution in [2.24, 2.45) is 0 Å². The van der Waals surface area contributed by atoms with Crippen molar-refractivity contribution >= 4 is 22.6 Å². The van der Waals surface area contributed by atoms with E-state index in [1.165, 1.54) is 0 Å². The number of carbonyl (C=O) groups excluding carboxylic acids is 1. The van der Waals surface area contributed by atoms with Crippen molar-refractivity contribution in [3.05, 3.63) is 94.9 Å². The molecule has 1 aliphatic rings. The first-order valence-corrected chi connectivity index (χ1v) is 12.3. The number of β-amino-alcohol motifs (C(OH)–C–C–N with tert-alkyl or cyclic N) is 1. The number of aromatic amines is 1. The third-order valence-corrected chi connectivity index (χ3v) is 6.62. The molecule has 3 aromatic carbocycles. The van der Waals surface area contributed by atoms with E-state index in [2.05, 4.69) is 15.2 Å². The lowest BCUT2D eigenvalue weighted by Crippen LogP contribution is -2.42. The zero-order valence-electron chi connectivity index (χ0n) is 20.0. The maximum Gasteiger partial charge on any atom is 0.326 e. The third kappa shape index (κ3) is 5.35. The second-order valence-corrected chi connectivity index (χ2v) is 9.13. The Bertz CT molecular complexity index is 1370. The number of hydrogen-bond donors (Lipinski definition) is 3. The van der Waals surface area contributed by atoms with E-state index in [1.807, 2.05) is 59.2 Å². The maximum absolute atomic E-state index is 12.5. The lowest BCUT2D eigenvalue weighted by molar-refractivity contribution is 0.0561. The number of benzene rings is 3. The van der Waals surface area contributed by atoms with E-state index in [1.54, 1.807) is 24.3 Å². The van der Waals surface area contributed by atoms with Gasteiger partial charge in [-0.05, 0) is 49.2 Å². The smallest absolute Gasteiger partial charge is 0.326 e. The molecule has 1 fully saturated rings. The highest BCUT2D eigenvalue weighted by Gasteiger charge is 2.25. The summed E-state index contributed by atoms with van der Waals surface area (Å²) in [6.07, 6.45) is 0.989. The molecule has 3 N–H and O–H groups in total. The average Bonchev–Trinajstić information content (AvgIpc) is 3.25.